The maximum atomic E-state index is 11.0. The van der Waals surface area contributed by atoms with Crippen molar-refractivity contribution in [3.63, 3.8) is 0 Å². The highest BCUT2D eigenvalue weighted by molar-refractivity contribution is 6.06. The van der Waals surface area contributed by atoms with Crippen LogP contribution in [0.25, 0.3) is 11.0 Å². The molecule has 0 fully saturated rings. The Morgan fingerprint density at radius 2 is 2.23 bits per heavy atom. The van der Waals surface area contributed by atoms with Crippen molar-refractivity contribution in [2.24, 2.45) is 5.73 Å². The van der Waals surface area contributed by atoms with E-state index in [1.807, 2.05) is 13.0 Å². The van der Waals surface area contributed by atoms with Gasteiger partial charge in [0.1, 0.15) is 5.58 Å². The SMILES string of the molecule is Cc1coc2cccc(C(N)=O)c12. The first-order valence-corrected chi connectivity index (χ1v) is 3.97. The van der Waals surface area contributed by atoms with Gasteiger partial charge in [-0.25, -0.2) is 0 Å². The van der Waals surface area contributed by atoms with E-state index in [4.69, 9.17) is 10.2 Å². The summed E-state index contributed by atoms with van der Waals surface area (Å²) in [6, 6.07) is 5.27. The molecule has 0 aliphatic rings. The van der Waals surface area contributed by atoms with Crippen LogP contribution in [0.2, 0.25) is 0 Å². The van der Waals surface area contributed by atoms with Crippen LogP contribution in [-0.4, -0.2) is 5.91 Å². The van der Waals surface area contributed by atoms with Crippen molar-refractivity contribution >= 4 is 16.9 Å². The van der Waals surface area contributed by atoms with E-state index in [9.17, 15) is 4.79 Å². The summed E-state index contributed by atoms with van der Waals surface area (Å²) in [6.07, 6.45) is 1.62. The van der Waals surface area contributed by atoms with E-state index in [0.29, 0.717) is 11.1 Å². The molecular formula is C10H9NO2. The van der Waals surface area contributed by atoms with Gasteiger partial charge in [-0.15, -0.1) is 0 Å². The predicted octanol–water partition coefficient (Wildman–Crippen LogP) is 1.84. The highest BCUT2D eigenvalue weighted by atomic mass is 16.3. The van der Waals surface area contributed by atoms with Crippen molar-refractivity contribution in [3.05, 3.63) is 35.6 Å². The van der Waals surface area contributed by atoms with Crippen LogP contribution in [0.4, 0.5) is 0 Å². The first kappa shape index (κ1) is 7.86. The van der Waals surface area contributed by atoms with Gasteiger partial charge in [-0.1, -0.05) is 6.07 Å². The number of primary amides is 1. The second-order valence-corrected chi connectivity index (χ2v) is 2.96. The number of rotatable bonds is 1. The molecule has 1 amide bonds. The summed E-state index contributed by atoms with van der Waals surface area (Å²) in [4.78, 5) is 11.0. The van der Waals surface area contributed by atoms with Gasteiger partial charge < -0.3 is 10.2 Å². The van der Waals surface area contributed by atoms with E-state index < -0.39 is 5.91 Å². The van der Waals surface area contributed by atoms with Gasteiger partial charge in [0.25, 0.3) is 0 Å². The molecule has 2 rings (SSSR count). The number of aryl methyl sites for hydroxylation is 1. The third-order valence-corrected chi connectivity index (χ3v) is 2.05. The van der Waals surface area contributed by atoms with E-state index in [1.54, 1.807) is 18.4 Å². The minimum absolute atomic E-state index is 0.421. The minimum atomic E-state index is -0.421. The minimum Gasteiger partial charge on any atom is -0.464 e. The van der Waals surface area contributed by atoms with Crippen LogP contribution in [0, 0.1) is 6.92 Å². The molecule has 0 aliphatic carbocycles. The highest BCUT2D eigenvalue weighted by Crippen LogP contribution is 2.23. The molecule has 2 aromatic rings. The van der Waals surface area contributed by atoms with E-state index in [0.717, 1.165) is 10.9 Å². The topological polar surface area (TPSA) is 56.2 Å². The second kappa shape index (κ2) is 2.62. The van der Waals surface area contributed by atoms with Gasteiger partial charge in [-0.05, 0) is 24.6 Å². The first-order valence-electron chi connectivity index (χ1n) is 3.97. The second-order valence-electron chi connectivity index (χ2n) is 2.96. The van der Waals surface area contributed by atoms with Crippen molar-refractivity contribution < 1.29 is 9.21 Å². The Morgan fingerprint density at radius 3 is 2.92 bits per heavy atom. The molecule has 3 heteroatoms. The first-order chi connectivity index (χ1) is 6.20. The van der Waals surface area contributed by atoms with Gasteiger partial charge in [0.2, 0.25) is 5.91 Å². The lowest BCUT2D eigenvalue weighted by molar-refractivity contribution is 0.100. The molecule has 0 bridgehead atoms. The Kier molecular flexibility index (Phi) is 1.59. The quantitative estimate of drug-likeness (QED) is 0.718. The average molecular weight is 175 g/mol. The van der Waals surface area contributed by atoms with E-state index in [-0.39, 0.29) is 0 Å². The highest BCUT2D eigenvalue weighted by Gasteiger charge is 2.10. The zero-order valence-corrected chi connectivity index (χ0v) is 7.20. The summed E-state index contributed by atoms with van der Waals surface area (Å²) in [5.74, 6) is -0.421. The molecule has 1 aromatic heterocycles. The van der Waals surface area contributed by atoms with Crippen LogP contribution >= 0.6 is 0 Å². The van der Waals surface area contributed by atoms with E-state index >= 15 is 0 Å². The Labute approximate surface area is 75.1 Å². The largest absolute Gasteiger partial charge is 0.464 e. The smallest absolute Gasteiger partial charge is 0.249 e. The molecule has 0 spiro atoms. The van der Waals surface area contributed by atoms with Crippen molar-refractivity contribution in [3.8, 4) is 0 Å². The van der Waals surface area contributed by atoms with Gasteiger partial charge in [-0.3, -0.25) is 4.79 Å². The fourth-order valence-electron chi connectivity index (χ4n) is 1.45. The lowest BCUT2D eigenvalue weighted by atomic mass is 10.1. The molecule has 66 valence electrons. The number of fused-ring (bicyclic) bond motifs is 1. The van der Waals surface area contributed by atoms with Gasteiger partial charge >= 0.3 is 0 Å². The number of amides is 1. The third kappa shape index (κ3) is 1.09. The number of nitrogens with two attached hydrogens (primary N) is 1. The molecule has 0 saturated carbocycles. The lowest BCUT2D eigenvalue weighted by Gasteiger charge is -1.97. The zero-order valence-electron chi connectivity index (χ0n) is 7.20. The maximum absolute atomic E-state index is 11.0. The van der Waals surface area contributed by atoms with Crippen molar-refractivity contribution in [1.29, 1.82) is 0 Å². The Balaban J connectivity index is 2.88. The van der Waals surface area contributed by atoms with Crippen LogP contribution in [0.5, 0.6) is 0 Å². The number of carbonyl (C=O) groups is 1. The summed E-state index contributed by atoms with van der Waals surface area (Å²) in [7, 11) is 0. The molecule has 0 atom stereocenters. The van der Waals surface area contributed by atoms with E-state index in [2.05, 4.69) is 0 Å². The monoisotopic (exact) mass is 175 g/mol. The van der Waals surface area contributed by atoms with Crippen molar-refractivity contribution in [2.75, 3.05) is 0 Å². The van der Waals surface area contributed by atoms with Crippen LogP contribution in [0.1, 0.15) is 15.9 Å². The Bertz CT molecular complexity index is 471. The number of furan rings is 1. The summed E-state index contributed by atoms with van der Waals surface area (Å²) < 4.78 is 5.23. The normalized spacial score (nSPS) is 10.5. The summed E-state index contributed by atoms with van der Waals surface area (Å²) in [5, 5.41) is 0.815. The molecule has 0 unspecified atom stereocenters. The standard InChI is InChI=1S/C10H9NO2/c1-6-5-13-8-4-2-3-7(9(6)8)10(11)12/h2-5H,1H3,(H2,11,12). The van der Waals surface area contributed by atoms with Gasteiger partial charge in [-0.2, -0.15) is 0 Å². The molecule has 0 aliphatic heterocycles. The molecule has 0 saturated heterocycles. The van der Waals surface area contributed by atoms with Crippen LogP contribution in [0.15, 0.2) is 28.9 Å². The summed E-state index contributed by atoms with van der Waals surface area (Å²) in [6.45, 7) is 1.89. The Hall–Kier alpha value is -1.77. The van der Waals surface area contributed by atoms with Crippen molar-refractivity contribution in [1.82, 2.24) is 0 Å². The summed E-state index contributed by atoms with van der Waals surface area (Å²) >= 11 is 0. The van der Waals surface area contributed by atoms with Crippen LogP contribution < -0.4 is 5.73 Å². The van der Waals surface area contributed by atoms with Crippen LogP contribution in [0.3, 0.4) is 0 Å². The van der Waals surface area contributed by atoms with Gasteiger partial charge in [0.05, 0.1) is 11.8 Å². The number of benzene rings is 1. The number of hydrogen-bond acceptors (Lipinski definition) is 2. The molecular weight excluding hydrogens is 166 g/mol. The molecule has 1 aromatic carbocycles. The lowest BCUT2D eigenvalue weighted by Crippen LogP contribution is -2.11. The molecule has 0 radical (unpaired) electrons. The zero-order chi connectivity index (χ0) is 9.42. The van der Waals surface area contributed by atoms with Crippen molar-refractivity contribution in [2.45, 2.75) is 6.92 Å². The van der Waals surface area contributed by atoms with Gasteiger partial charge in [0, 0.05) is 5.39 Å². The maximum Gasteiger partial charge on any atom is 0.249 e. The fourth-order valence-corrected chi connectivity index (χ4v) is 1.45. The third-order valence-electron chi connectivity index (χ3n) is 2.05. The molecule has 2 N–H and O–H groups in total. The average Bonchev–Trinajstić information content (AvgIpc) is 2.48. The molecule has 3 nitrogen and oxygen atoms in total. The number of carbonyl (C=O) groups excluding carboxylic acids is 1. The van der Waals surface area contributed by atoms with Gasteiger partial charge in [0.15, 0.2) is 0 Å². The molecule has 1 heterocycles. The molecule has 13 heavy (non-hydrogen) atoms. The number of hydrogen-bond donors (Lipinski definition) is 1. The Morgan fingerprint density at radius 1 is 1.46 bits per heavy atom. The summed E-state index contributed by atoms with van der Waals surface area (Å²) in [5.41, 5.74) is 7.38. The fraction of sp³-hybridized carbons (Fsp3) is 0.100. The van der Waals surface area contributed by atoms with Crippen LogP contribution in [-0.2, 0) is 0 Å². The van der Waals surface area contributed by atoms with E-state index in [1.165, 1.54) is 0 Å². The predicted molar refractivity (Wildman–Crippen MR) is 49.5 cm³/mol.